The van der Waals surface area contributed by atoms with E-state index in [1.807, 2.05) is 17.8 Å². The van der Waals surface area contributed by atoms with Crippen molar-refractivity contribution in [3.05, 3.63) is 35.6 Å². The van der Waals surface area contributed by atoms with Gasteiger partial charge in [-0.1, -0.05) is 12.1 Å². The maximum atomic E-state index is 13.1. The predicted octanol–water partition coefficient (Wildman–Crippen LogP) is 3.24. The highest BCUT2D eigenvalue weighted by Crippen LogP contribution is 2.18. The third-order valence-corrected chi connectivity index (χ3v) is 4.22. The molecule has 1 heterocycles. The highest BCUT2D eigenvalue weighted by molar-refractivity contribution is 7.99. The molecular formula is C14H20FNS. The van der Waals surface area contributed by atoms with Crippen LogP contribution in [-0.2, 0) is 6.42 Å². The van der Waals surface area contributed by atoms with Crippen molar-refractivity contribution in [1.29, 1.82) is 0 Å². The Morgan fingerprint density at radius 3 is 2.88 bits per heavy atom. The number of halogens is 1. The van der Waals surface area contributed by atoms with Gasteiger partial charge in [-0.2, -0.15) is 11.8 Å². The summed E-state index contributed by atoms with van der Waals surface area (Å²) in [6.07, 6.45) is 3.43. The van der Waals surface area contributed by atoms with Gasteiger partial charge in [-0.05, 0) is 55.4 Å². The topological polar surface area (TPSA) is 12.0 Å². The molecule has 0 aliphatic carbocycles. The number of thioether (sulfide) groups is 1. The molecule has 1 nitrogen and oxygen atoms in total. The minimum Gasteiger partial charge on any atom is -0.311 e. The van der Waals surface area contributed by atoms with Crippen LogP contribution in [0.15, 0.2) is 24.3 Å². The average molecular weight is 253 g/mol. The standard InChI is InChI=1S/C14H20FNS/c1-11(16-14-5-7-17-8-6-14)9-12-3-2-4-13(15)10-12/h2-4,10-11,14,16H,5-9H2,1H3. The molecule has 0 spiro atoms. The van der Waals surface area contributed by atoms with Gasteiger partial charge in [0.2, 0.25) is 0 Å². The highest BCUT2D eigenvalue weighted by atomic mass is 32.2. The van der Waals surface area contributed by atoms with Crippen molar-refractivity contribution < 1.29 is 4.39 Å². The molecule has 0 radical (unpaired) electrons. The quantitative estimate of drug-likeness (QED) is 0.884. The first-order valence-corrected chi connectivity index (χ1v) is 7.48. The molecule has 1 aliphatic rings. The molecule has 1 saturated heterocycles. The second kappa shape index (κ2) is 6.41. The van der Waals surface area contributed by atoms with Crippen LogP contribution < -0.4 is 5.32 Å². The van der Waals surface area contributed by atoms with Crippen LogP contribution in [0.4, 0.5) is 4.39 Å². The lowest BCUT2D eigenvalue weighted by atomic mass is 10.0. The van der Waals surface area contributed by atoms with Crippen molar-refractivity contribution >= 4 is 11.8 Å². The number of benzene rings is 1. The van der Waals surface area contributed by atoms with Gasteiger partial charge in [0, 0.05) is 12.1 Å². The number of hydrogen-bond donors (Lipinski definition) is 1. The fraction of sp³-hybridized carbons (Fsp3) is 0.571. The molecule has 1 unspecified atom stereocenters. The van der Waals surface area contributed by atoms with Gasteiger partial charge in [-0.3, -0.25) is 0 Å². The Balaban J connectivity index is 1.82. The molecule has 0 saturated carbocycles. The maximum Gasteiger partial charge on any atom is 0.123 e. The van der Waals surface area contributed by atoms with Crippen LogP contribution in [0.3, 0.4) is 0 Å². The Hall–Kier alpha value is -0.540. The monoisotopic (exact) mass is 253 g/mol. The Morgan fingerprint density at radius 2 is 2.18 bits per heavy atom. The lowest BCUT2D eigenvalue weighted by Crippen LogP contribution is -2.39. The van der Waals surface area contributed by atoms with Crippen LogP contribution >= 0.6 is 11.8 Å². The molecule has 17 heavy (non-hydrogen) atoms. The first-order chi connectivity index (χ1) is 8.24. The Labute approximate surface area is 107 Å². The van der Waals surface area contributed by atoms with Crippen LogP contribution in [0.1, 0.15) is 25.3 Å². The zero-order valence-corrected chi connectivity index (χ0v) is 11.1. The smallest absolute Gasteiger partial charge is 0.123 e. The van der Waals surface area contributed by atoms with Crippen molar-refractivity contribution in [2.45, 2.75) is 38.3 Å². The van der Waals surface area contributed by atoms with E-state index in [1.54, 1.807) is 12.1 Å². The maximum absolute atomic E-state index is 13.1. The van der Waals surface area contributed by atoms with Gasteiger partial charge in [-0.15, -0.1) is 0 Å². The van der Waals surface area contributed by atoms with Gasteiger partial charge in [0.25, 0.3) is 0 Å². The number of nitrogens with one attached hydrogen (secondary N) is 1. The summed E-state index contributed by atoms with van der Waals surface area (Å²) < 4.78 is 13.1. The van der Waals surface area contributed by atoms with Gasteiger partial charge in [0.1, 0.15) is 5.82 Å². The number of rotatable bonds is 4. The van der Waals surface area contributed by atoms with Gasteiger partial charge >= 0.3 is 0 Å². The van der Waals surface area contributed by atoms with Crippen molar-refractivity contribution in [3.63, 3.8) is 0 Å². The summed E-state index contributed by atoms with van der Waals surface area (Å²) >= 11 is 2.04. The van der Waals surface area contributed by atoms with E-state index in [4.69, 9.17) is 0 Å². The van der Waals surface area contributed by atoms with Crippen LogP contribution in [0.25, 0.3) is 0 Å². The van der Waals surface area contributed by atoms with Crippen molar-refractivity contribution in [1.82, 2.24) is 5.32 Å². The SMILES string of the molecule is CC(Cc1cccc(F)c1)NC1CCSCC1. The van der Waals surface area contributed by atoms with Crippen molar-refractivity contribution in [3.8, 4) is 0 Å². The molecule has 1 aliphatic heterocycles. The second-order valence-electron chi connectivity index (χ2n) is 4.79. The zero-order chi connectivity index (χ0) is 12.1. The average Bonchev–Trinajstić information content (AvgIpc) is 2.30. The zero-order valence-electron chi connectivity index (χ0n) is 10.3. The Kier molecular flexibility index (Phi) is 4.86. The molecule has 0 aromatic heterocycles. The first kappa shape index (κ1) is 12.9. The molecule has 1 N–H and O–H groups in total. The lowest BCUT2D eigenvalue weighted by Gasteiger charge is -2.26. The second-order valence-corrected chi connectivity index (χ2v) is 6.01. The van der Waals surface area contributed by atoms with Crippen LogP contribution in [0, 0.1) is 5.82 Å². The van der Waals surface area contributed by atoms with Crippen molar-refractivity contribution in [2.24, 2.45) is 0 Å². The molecule has 2 rings (SSSR count). The van der Waals surface area contributed by atoms with E-state index in [9.17, 15) is 4.39 Å². The van der Waals surface area contributed by atoms with Crippen LogP contribution in [0.5, 0.6) is 0 Å². The summed E-state index contributed by atoms with van der Waals surface area (Å²) in [6, 6.07) is 7.99. The summed E-state index contributed by atoms with van der Waals surface area (Å²) in [5.41, 5.74) is 1.08. The van der Waals surface area contributed by atoms with E-state index in [-0.39, 0.29) is 5.82 Å². The molecule has 0 amide bonds. The van der Waals surface area contributed by atoms with E-state index >= 15 is 0 Å². The van der Waals surface area contributed by atoms with Crippen LogP contribution in [0.2, 0.25) is 0 Å². The molecule has 1 aromatic carbocycles. The number of hydrogen-bond acceptors (Lipinski definition) is 2. The molecule has 1 aromatic rings. The minimum atomic E-state index is -0.135. The van der Waals surface area contributed by atoms with Gasteiger partial charge < -0.3 is 5.32 Å². The van der Waals surface area contributed by atoms with Gasteiger partial charge in [0.05, 0.1) is 0 Å². The summed E-state index contributed by atoms with van der Waals surface area (Å²) in [4.78, 5) is 0. The third kappa shape index (κ3) is 4.32. The van der Waals surface area contributed by atoms with E-state index < -0.39 is 0 Å². The van der Waals surface area contributed by atoms with Crippen molar-refractivity contribution in [2.75, 3.05) is 11.5 Å². The largest absolute Gasteiger partial charge is 0.311 e. The normalized spacial score (nSPS) is 19.2. The van der Waals surface area contributed by atoms with E-state index in [0.717, 1.165) is 12.0 Å². The minimum absolute atomic E-state index is 0.135. The summed E-state index contributed by atoms with van der Waals surface area (Å²) in [5, 5.41) is 3.65. The van der Waals surface area contributed by atoms with Gasteiger partial charge in [-0.25, -0.2) is 4.39 Å². The fourth-order valence-corrected chi connectivity index (χ4v) is 3.45. The molecule has 0 bridgehead atoms. The summed E-state index contributed by atoms with van der Waals surface area (Å²) in [5.74, 6) is 2.40. The van der Waals surface area contributed by atoms with E-state index in [0.29, 0.717) is 12.1 Å². The lowest BCUT2D eigenvalue weighted by molar-refractivity contribution is 0.421. The summed E-state index contributed by atoms with van der Waals surface area (Å²) in [6.45, 7) is 2.19. The van der Waals surface area contributed by atoms with E-state index in [1.165, 1.54) is 30.4 Å². The molecule has 94 valence electrons. The van der Waals surface area contributed by atoms with E-state index in [2.05, 4.69) is 12.2 Å². The molecule has 3 heteroatoms. The third-order valence-electron chi connectivity index (χ3n) is 3.17. The van der Waals surface area contributed by atoms with Gasteiger partial charge in [0.15, 0.2) is 0 Å². The molecule has 1 atom stereocenters. The summed E-state index contributed by atoms with van der Waals surface area (Å²) in [7, 11) is 0. The van der Waals surface area contributed by atoms with Crippen LogP contribution in [-0.4, -0.2) is 23.6 Å². The Morgan fingerprint density at radius 1 is 1.41 bits per heavy atom. The molecule has 1 fully saturated rings. The predicted molar refractivity (Wildman–Crippen MR) is 73.0 cm³/mol. The highest BCUT2D eigenvalue weighted by Gasteiger charge is 2.15. The Bertz CT molecular complexity index is 350. The molecular weight excluding hydrogens is 233 g/mol. The first-order valence-electron chi connectivity index (χ1n) is 6.32. The fourth-order valence-electron chi connectivity index (χ4n) is 2.34.